The molecule has 0 unspecified atom stereocenters. The fourth-order valence-corrected chi connectivity index (χ4v) is 3.40. The molecule has 1 amide bonds. The second-order valence-electron chi connectivity index (χ2n) is 5.66. The molecule has 0 spiro atoms. The third-order valence-corrected chi connectivity index (χ3v) is 4.65. The number of ether oxygens (including phenoxy) is 1. The summed E-state index contributed by atoms with van der Waals surface area (Å²) >= 11 is 6.11. The van der Waals surface area contributed by atoms with Gasteiger partial charge in [0.25, 0.3) is 11.7 Å². The van der Waals surface area contributed by atoms with E-state index in [9.17, 15) is 9.59 Å². The predicted octanol–water partition coefficient (Wildman–Crippen LogP) is 2.36. The first-order valence-corrected chi connectivity index (χ1v) is 7.96. The highest BCUT2D eigenvalue weighted by Crippen LogP contribution is 2.41. The van der Waals surface area contributed by atoms with Crippen LogP contribution >= 0.6 is 11.6 Å². The van der Waals surface area contributed by atoms with Crippen LogP contribution in [0.2, 0.25) is 5.02 Å². The summed E-state index contributed by atoms with van der Waals surface area (Å²) in [6.45, 7) is 3.34. The van der Waals surface area contributed by atoms with Crippen molar-refractivity contribution in [1.82, 2.24) is 4.90 Å². The fourth-order valence-electron chi connectivity index (χ4n) is 3.16. The van der Waals surface area contributed by atoms with Gasteiger partial charge in [-0.15, -0.1) is 0 Å². The van der Waals surface area contributed by atoms with E-state index in [1.165, 1.54) is 31.3 Å². The summed E-state index contributed by atoms with van der Waals surface area (Å²) in [5.41, 5.74) is 0.784. The van der Waals surface area contributed by atoms with E-state index in [1.54, 1.807) is 12.1 Å². The van der Waals surface area contributed by atoms with Gasteiger partial charge < -0.3 is 14.5 Å². The highest BCUT2D eigenvalue weighted by molar-refractivity contribution is 6.55. The van der Waals surface area contributed by atoms with E-state index in [0.29, 0.717) is 23.0 Å². The van der Waals surface area contributed by atoms with Crippen LogP contribution in [0.3, 0.4) is 0 Å². The van der Waals surface area contributed by atoms with Crippen molar-refractivity contribution in [2.45, 2.75) is 19.3 Å². The third-order valence-electron chi connectivity index (χ3n) is 4.33. The van der Waals surface area contributed by atoms with E-state index < -0.39 is 11.7 Å². The largest absolute Gasteiger partial charge is 0.495 e. The minimum absolute atomic E-state index is 0.268. The minimum Gasteiger partial charge on any atom is -0.495 e. The molecule has 6 heteroatoms. The van der Waals surface area contributed by atoms with Crippen LogP contribution in [-0.4, -0.2) is 49.9 Å². The SMILES string of the molecule is COc1ccc(Cl)c2c1N(CCN1CCCCC1)C(=O)C2=O. The summed E-state index contributed by atoms with van der Waals surface area (Å²) in [6.07, 6.45) is 3.65. The second kappa shape index (κ2) is 6.26. The molecule has 0 aliphatic carbocycles. The number of hydrogen-bond acceptors (Lipinski definition) is 4. The molecule has 3 rings (SSSR count). The van der Waals surface area contributed by atoms with Crippen molar-refractivity contribution in [2.24, 2.45) is 0 Å². The number of benzene rings is 1. The first-order chi connectivity index (χ1) is 10.6. The molecule has 118 valence electrons. The number of ketones is 1. The molecule has 2 aliphatic heterocycles. The number of likely N-dealkylation sites (tertiary alicyclic amines) is 1. The van der Waals surface area contributed by atoms with Gasteiger partial charge in [-0.3, -0.25) is 9.59 Å². The van der Waals surface area contributed by atoms with Gasteiger partial charge in [-0.1, -0.05) is 18.0 Å². The molecule has 0 bridgehead atoms. The van der Waals surface area contributed by atoms with Gasteiger partial charge in [0.05, 0.1) is 23.4 Å². The maximum Gasteiger partial charge on any atom is 0.299 e. The number of fused-ring (bicyclic) bond motifs is 1. The van der Waals surface area contributed by atoms with Gasteiger partial charge in [-0.25, -0.2) is 0 Å². The van der Waals surface area contributed by atoms with E-state index in [1.807, 2.05) is 0 Å². The number of methoxy groups -OCH3 is 1. The summed E-state index contributed by atoms with van der Waals surface area (Å²) in [4.78, 5) is 28.3. The van der Waals surface area contributed by atoms with Gasteiger partial charge in [0.1, 0.15) is 5.75 Å². The fraction of sp³-hybridized carbons (Fsp3) is 0.500. The van der Waals surface area contributed by atoms with Crippen LogP contribution in [0, 0.1) is 0 Å². The lowest BCUT2D eigenvalue weighted by Crippen LogP contribution is -2.40. The molecule has 1 fully saturated rings. The molecular weight excluding hydrogens is 304 g/mol. The Labute approximate surface area is 134 Å². The number of carbonyl (C=O) groups excluding carboxylic acids is 2. The van der Waals surface area contributed by atoms with E-state index in [-0.39, 0.29) is 5.56 Å². The molecule has 5 nitrogen and oxygen atoms in total. The molecule has 0 aromatic heterocycles. The zero-order valence-electron chi connectivity index (χ0n) is 12.6. The van der Waals surface area contributed by atoms with Crippen molar-refractivity contribution in [3.05, 3.63) is 22.7 Å². The van der Waals surface area contributed by atoms with Crippen molar-refractivity contribution < 1.29 is 14.3 Å². The van der Waals surface area contributed by atoms with Crippen LogP contribution in [0.1, 0.15) is 29.6 Å². The van der Waals surface area contributed by atoms with Crippen molar-refractivity contribution in [3.63, 3.8) is 0 Å². The Morgan fingerprint density at radius 2 is 1.86 bits per heavy atom. The average Bonchev–Trinajstić information content (AvgIpc) is 2.80. The maximum absolute atomic E-state index is 12.3. The summed E-state index contributed by atoms with van der Waals surface area (Å²) in [5.74, 6) is -0.548. The normalized spacial score (nSPS) is 18.7. The Kier molecular flexibility index (Phi) is 4.36. The van der Waals surface area contributed by atoms with Gasteiger partial charge >= 0.3 is 0 Å². The molecule has 0 N–H and O–H groups in total. The first kappa shape index (κ1) is 15.3. The Hall–Kier alpha value is -1.59. The smallest absolute Gasteiger partial charge is 0.299 e. The molecular formula is C16H19ClN2O3. The number of halogens is 1. The van der Waals surface area contributed by atoms with Crippen LogP contribution in [0.5, 0.6) is 5.75 Å². The van der Waals surface area contributed by atoms with Gasteiger partial charge in [0, 0.05) is 13.1 Å². The van der Waals surface area contributed by atoms with Crippen LogP contribution in [0.4, 0.5) is 5.69 Å². The number of hydrogen-bond donors (Lipinski definition) is 0. The lowest BCUT2D eigenvalue weighted by atomic mass is 10.1. The van der Waals surface area contributed by atoms with E-state index in [4.69, 9.17) is 16.3 Å². The number of amides is 1. The Morgan fingerprint density at radius 1 is 1.14 bits per heavy atom. The van der Waals surface area contributed by atoms with Crippen LogP contribution < -0.4 is 9.64 Å². The minimum atomic E-state index is -0.544. The van der Waals surface area contributed by atoms with Crippen molar-refractivity contribution in [3.8, 4) is 5.75 Å². The number of rotatable bonds is 4. The molecule has 22 heavy (non-hydrogen) atoms. The van der Waals surface area contributed by atoms with Crippen LogP contribution in [0.15, 0.2) is 12.1 Å². The summed E-state index contributed by atoms with van der Waals surface area (Å²) in [6, 6.07) is 3.29. The lowest BCUT2D eigenvalue weighted by Gasteiger charge is -2.28. The Bertz CT molecular complexity index is 612. The van der Waals surface area contributed by atoms with Crippen LogP contribution in [-0.2, 0) is 4.79 Å². The standard InChI is InChI=1S/C16H19ClN2O3/c1-22-12-6-5-11(17)13-14(12)19(16(21)15(13)20)10-9-18-7-3-2-4-8-18/h5-6H,2-4,7-10H2,1H3. The van der Waals surface area contributed by atoms with E-state index in [2.05, 4.69) is 4.90 Å². The Morgan fingerprint density at radius 3 is 2.55 bits per heavy atom. The van der Waals surface area contributed by atoms with E-state index >= 15 is 0 Å². The predicted molar refractivity (Wildman–Crippen MR) is 85.0 cm³/mol. The zero-order chi connectivity index (χ0) is 15.7. The number of carbonyl (C=O) groups is 2. The number of anilines is 1. The maximum atomic E-state index is 12.3. The van der Waals surface area contributed by atoms with Gasteiger partial charge in [0.15, 0.2) is 0 Å². The van der Waals surface area contributed by atoms with Crippen molar-refractivity contribution in [1.29, 1.82) is 0 Å². The molecule has 2 aliphatic rings. The highest BCUT2D eigenvalue weighted by Gasteiger charge is 2.40. The molecule has 1 aromatic carbocycles. The van der Waals surface area contributed by atoms with Gasteiger partial charge in [0.2, 0.25) is 0 Å². The van der Waals surface area contributed by atoms with Crippen molar-refractivity contribution >= 4 is 29.0 Å². The molecule has 0 radical (unpaired) electrons. The lowest BCUT2D eigenvalue weighted by molar-refractivity contribution is -0.114. The van der Waals surface area contributed by atoms with Crippen molar-refractivity contribution in [2.75, 3.05) is 38.2 Å². The quantitative estimate of drug-likeness (QED) is 0.799. The van der Waals surface area contributed by atoms with Crippen LogP contribution in [0.25, 0.3) is 0 Å². The van der Waals surface area contributed by atoms with E-state index in [0.717, 1.165) is 19.6 Å². The summed E-state index contributed by atoms with van der Waals surface area (Å²) in [5, 5.41) is 0.301. The highest BCUT2D eigenvalue weighted by atomic mass is 35.5. The molecule has 1 aromatic rings. The average molecular weight is 323 g/mol. The molecule has 2 heterocycles. The second-order valence-corrected chi connectivity index (χ2v) is 6.07. The number of Topliss-reactive ketones (excluding diaryl/α,β-unsaturated/α-hetero) is 1. The topological polar surface area (TPSA) is 49.9 Å². The first-order valence-electron chi connectivity index (χ1n) is 7.58. The Balaban J connectivity index is 1.85. The monoisotopic (exact) mass is 322 g/mol. The van der Waals surface area contributed by atoms with Gasteiger partial charge in [-0.05, 0) is 38.1 Å². The molecule has 1 saturated heterocycles. The number of nitrogens with zero attached hydrogens (tertiary/aromatic N) is 2. The zero-order valence-corrected chi connectivity index (χ0v) is 13.4. The molecule has 0 saturated carbocycles. The van der Waals surface area contributed by atoms with Gasteiger partial charge in [-0.2, -0.15) is 0 Å². The number of piperidine rings is 1. The third kappa shape index (κ3) is 2.59. The summed E-state index contributed by atoms with van der Waals surface area (Å²) < 4.78 is 5.31. The molecule has 0 atom stereocenters. The summed E-state index contributed by atoms with van der Waals surface area (Å²) in [7, 11) is 1.53.